The van der Waals surface area contributed by atoms with Crippen LogP contribution in [0.3, 0.4) is 0 Å². The maximum atomic E-state index is 12.0. The fraction of sp³-hybridized carbons (Fsp3) is 0.312. The van der Waals surface area contributed by atoms with Crippen LogP contribution < -0.4 is 15.0 Å². The SMILES string of the molecule is COc1cccc(NC(=O)C[NH+](C)Cc2ccc(C)o2)c1. The summed E-state index contributed by atoms with van der Waals surface area (Å²) in [6.45, 7) is 2.96. The lowest BCUT2D eigenvalue weighted by Gasteiger charge is -2.12. The first-order valence-corrected chi connectivity index (χ1v) is 6.87. The molecule has 1 amide bonds. The number of furan rings is 1. The van der Waals surface area contributed by atoms with Crippen LogP contribution in [0.2, 0.25) is 0 Å². The standard InChI is InChI=1S/C16H20N2O3/c1-12-7-8-15(21-12)10-18(2)11-16(19)17-13-5-4-6-14(9-13)20-3/h4-9H,10-11H2,1-3H3,(H,17,19)/p+1. The zero-order chi connectivity index (χ0) is 15.2. The molecular weight excluding hydrogens is 268 g/mol. The van der Waals surface area contributed by atoms with E-state index in [9.17, 15) is 4.79 Å². The quantitative estimate of drug-likeness (QED) is 0.841. The summed E-state index contributed by atoms with van der Waals surface area (Å²) in [5.74, 6) is 2.46. The molecule has 2 N–H and O–H groups in total. The number of carbonyl (C=O) groups excluding carboxylic acids is 1. The van der Waals surface area contributed by atoms with E-state index in [2.05, 4.69) is 5.32 Å². The summed E-state index contributed by atoms with van der Waals surface area (Å²) >= 11 is 0. The van der Waals surface area contributed by atoms with Crippen LogP contribution in [0.5, 0.6) is 5.75 Å². The van der Waals surface area contributed by atoms with E-state index in [0.29, 0.717) is 13.1 Å². The second-order valence-corrected chi connectivity index (χ2v) is 5.10. The van der Waals surface area contributed by atoms with Gasteiger partial charge in [0, 0.05) is 11.8 Å². The number of hydrogen-bond acceptors (Lipinski definition) is 3. The van der Waals surface area contributed by atoms with Gasteiger partial charge in [-0.1, -0.05) is 6.07 Å². The average Bonchev–Trinajstić information content (AvgIpc) is 2.83. The Hall–Kier alpha value is -2.27. The highest BCUT2D eigenvalue weighted by atomic mass is 16.5. The number of anilines is 1. The molecule has 21 heavy (non-hydrogen) atoms. The average molecular weight is 289 g/mol. The molecule has 2 aromatic rings. The first-order valence-electron chi connectivity index (χ1n) is 6.87. The summed E-state index contributed by atoms with van der Waals surface area (Å²) in [7, 11) is 3.56. The number of amides is 1. The maximum absolute atomic E-state index is 12.0. The van der Waals surface area contributed by atoms with E-state index in [1.165, 1.54) is 0 Å². The van der Waals surface area contributed by atoms with Crippen LogP contribution in [0.25, 0.3) is 0 Å². The monoisotopic (exact) mass is 289 g/mol. The largest absolute Gasteiger partial charge is 0.497 e. The van der Waals surface area contributed by atoms with Crippen molar-refractivity contribution in [3.05, 3.63) is 47.9 Å². The topological polar surface area (TPSA) is 55.9 Å². The summed E-state index contributed by atoms with van der Waals surface area (Å²) in [5.41, 5.74) is 0.737. The Labute approximate surface area is 124 Å². The van der Waals surface area contributed by atoms with E-state index >= 15 is 0 Å². The van der Waals surface area contributed by atoms with Crippen molar-refractivity contribution in [1.82, 2.24) is 0 Å². The van der Waals surface area contributed by atoms with Crippen LogP contribution in [0.4, 0.5) is 5.69 Å². The molecule has 1 heterocycles. The number of aryl methyl sites for hydroxylation is 1. The highest BCUT2D eigenvalue weighted by Gasteiger charge is 2.12. The smallest absolute Gasteiger partial charge is 0.279 e. The first-order chi connectivity index (χ1) is 10.1. The van der Waals surface area contributed by atoms with Crippen LogP contribution in [0.1, 0.15) is 11.5 Å². The maximum Gasteiger partial charge on any atom is 0.279 e. The van der Waals surface area contributed by atoms with Gasteiger partial charge < -0.3 is 19.4 Å². The zero-order valence-electron chi connectivity index (χ0n) is 12.6. The van der Waals surface area contributed by atoms with Crippen molar-refractivity contribution in [3.8, 4) is 5.75 Å². The number of carbonyl (C=O) groups is 1. The van der Waals surface area contributed by atoms with Gasteiger partial charge in [0.15, 0.2) is 12.3 Å². The number of ether oxygens (including phenoxy) is 1. The van der Waals surface area contributed by atoms with Crippen molar-refractivity contribution < 1.29 is 18.8 Å². The molecule has 1 atom stereocenters. The minimum atomic E-state index is -0.0379. The van der Waals surface area contributed by atoms with Gasteiger partial charge in [-0.2, -0.15) is 0 Å². The minimum absolute atomic E-state index is 0.0379. The summed E-state index contributed by atoms with van der Waals surface area (Å²) < 4.78 is 10.6. The Bertz CT molecular complexity index is 607. The third-order valence-corrected chi connectivity index (χ3v) is 3.09. The van der Waals surface area contributed by atoms with Crippen molar-refractivity contribution >= 4 is 11.6 Å². The molecule has 2 rings (SSSR count). The summed E-state index contributed by atoms with van der Waals surface area (Å²) in [6.07, 6.45) is 0. The summed E-state index contributed by atoms with van der Waals surface area (Å²) in [4.78, 5) is 13.1. The minimum Gasteiger partial charge on any atom is -0.497 e. The lowest BCUT2D eigenvalue weighted by Crippen LogP contribution is -3.08. The first kappa shape index (κ1) is 15.1. The van der Waals surface area contributed by atoms with Crippen molar-refractivity contribution in [2.24, 2.45) is 0 Å². The van der Waals surface area contributed by atoms with Crippen LogP contribution in [0.15, 0.2) is 40.8 Å². The van der Waals surface area contributed by atoms with Gasteiger partial charge in [-0.15, -0.1) is 0 Å². The van der Waals surface area contributed by atoms with Crippen LogP contribution in [0, 0.1) is 6.92 Å². The Morgan fingerprint density at radius 2 is 2.14 bits per heavy atom. The number of hydrogen-bond donors (Lipinski definition) is 2. The molecule has 0 saturated heterocycles. The van der Waals surface area contributed by atoms with Gasteiger partial charge >= 0.3 is 0 Å². The van der Waals surface area contributed by atoms with Gasteiger partial charge in [-0.05, 0) is 31.2 Å². The molecule has 0 fully saturated rings. The molecule has 1 unspecified atom stereocenters. The van der Waals surface area contributed by atoms with Gasteiger partial charge in [-0.3, -0.25) is 4.79 Å². The molecule has 0 spiro atoms. The van der Waals surface area contributed by atoms with Crippen LogP contribution in [-0.4, -0.2) is 26.6 Å². The van der Waals surface area contributed by atoms with Gasteiger partial charge in [0.2, 0.25) is 0 Å². The highest BCUT2D eigenvalue weighted by molar-refractivity contribution is 5.91. The van der Waals surface area contributed by atoms with Crippen molar-refractivity contribution in [3.63, 3.8) is 0 Å². The normalized spacial score (nSPS) is 12.0. The van der Waals surface area contributed by atoms with Crippen molar-refractivity contribution in [1.29, 1.82) is 0 Å². The molecular formula is C16H21N2O3+. The zero-order valence-corrected chi connectivity index (χ0v) is 12.6. The lowest BCUT2D eigenvalue weighted by molar-refractivity contribution is -0.886. The van der Waals surface area contributed by atoms with Crippen molar-refractivity contribution in [2.45, 2.75) is 13.5 Å². The molecule has 1 aromatic carbocycles. The van der Waals surface area contributed by atoms with E-state index in [1.54, 1.807) is 13.2 Å². The van der Waals surface area contributed by atoms with Crippen molar-refractivity contribution in [2.75, 3.05) is 26.0 Å². The predicted molar refractivity (Wildman–Crippen MR) is 80.5 cm³/mol. The molecule has 0 saturated carbocycles. The predicted octanol–water partition coefficient (Wildman–Crippen LogP) is 1.25. The Balaban J connectivity index is 1.85. The fourth-order valence-electron chi connectivity index (χ4n) is 2.12. The number of rotatable bonds is 6. The molecule has 1 aromatic heterocycles. The Kier molecular flexibility index (Phi) is 5.00. The molecule has 0 aliphatic rings. The second-order valence-electron chi connectivity index (χ2n) is 5.10. The van der Waals surface area contributed by atoms with Crippen LogP contribution in [-0.2, 0) is 11.3 Å². The summed E-state index contributed by atoms with van der Waals surface area (Å²) in [5, 5.41) is 2.87. The molecule has 0 bridgehead atoms. The number of likely N-dealkylation sites (N-methyl/N-ethyl adjacent to an activating group) is 1. The second kappa shape index (κ2) is 6.95. The van der Waals surface area contributed by atoms with E-state index < -0.39 is 0 Å². The molecule has 112 valence electrons. The van der Waals surface area contributed by atoms with E-state index in [1.807, 2.05) is 44.3 Å². The number of quaternary nitrogens is 1. The number of methoxy groups -OCH3 is 1. The van der Waals surface area contributed by atoms with E-state index in [-0.39, 0.29) is 5.91 Å². The molecule has 5 nitrogen and oxygen atoms in total. The fourth-order valence-corrected chi connectivity index (χ4v) is 2.12. The third kappa shape index (κ3) is 4.65. The van der Waals surface area contributed by atoms with Gasteiger partial charge in [0.1, 0.15) is 18.1 Å². The Morgan fingerprint density at radius 3 is 2.81 bits per heavy atom. The van der Waals surface area contributed by atoms with E-state index in [4.69, 9.17) is 9.15 Å². The molecule has 0 aliphatic carbocycles. The molecule has 0 aliphatic heterocycles. The third-order valence-electron chi connectivity index (χ3n) is 3.09. The highest BCUT2D eigenvalue weighted by Crippen LogP contribution is 2.16. The number of benzene rings is 1. The summed E-state index contributed by atoms with van der Waals surface area (Å²) in [6, 6.07) is 11.2. The number of nitrogens with one attached hydrogen (secondary N) is 2. The van der Waals surface area contributed by atoms with Gasteiger partial charge in [-0.25, -0.2) is 0 Å². The Morgan fingerprint density at radius 1 is 1.33 bits per heavy atom. The van der Waals surface area contributed by atoms with Gasteiger partial charge in [0.05, 0.1) is 14.2 Å². The van der Waals surface area contributed by atoms with E-state index in [0.717, 1.165) is 27.9 Å². The van der Waals surface area contributed by atoms with Crippen LogP contribution >= 0.6 is 0 Å². The molecule has 5 heteroatoms. The molecule has 0 radical (unpaired) electrons. The lowest BCUT2D eigenvalue weighted by atomic mass is 10.3. The van der Waals surface area contributed by atoms with Gasteiger partial charge in [0.25, 0.3) is 5.91 Å².